The van der Waals surface area contributed by atoms with Crippen LogP contribution in [0.25, 0.3) is 11.0 Å². The molecule has 2 aliphatic rings. The first kappa shape index (κ1) is 19.2. The van der Waals surface area contributed by atoms with Crippen LogP contribution in [-0.4, -0.2) is 57.4 Å². The van der Waals surface area contributed by atoms with E-state index in [2.05, 4.69) is 19.8 Å². The number of fused-ring (bicyclic) bond motifs is 2. The van der Waals surface area contributed by atoms with Crippen molar-refractivity contribution in [2.45, 2.75) is 19.8 Å². The van der Waals surface area contributed by atoms with Gasteiger partial charge in [-0.15, -0.1) is 0 Å². The van der Waals surface area contributed by atoms with Gasteiger partial charge in [0.2, 0.25) is 11.2 Å². The third kappa shape index (κ3) is 3.18. The zero-order valence-corrected chi connectivity index (χ0v) is 17.7. The molecule has 30 heavy (non-hydrogen) atoms. The normalized spacial score (nSPS) is 16.8. The number of halogens is 1. The van der Waals surface area contributed by atoms with E-state index in [1.807, 2.05) is 13.0 Å². The molecule has 3 aromatic heterocycles. The number of aryl methyl sites for hydroxylation is 3. The van der Waals surface area contributed by atoms with Gasteiger partial charge in [0.05, 0.1) is 36.2 Å². The number of hydrogen-bond acceptors (Lipinski definition) is 8. The second kappa shape index (κ2) is 7.48. The molecule has 0 amide bonds. The Hall–Kier alpha value is -2.78. The molecule has 2 aliphatic heterocycles. The van der Waals surface area contributed by atoms with Crippen molar-refractivity contribution >= 4 is 40.1 Å². The van der Waals surface area contributed by atoms with E-state index in [-0.39, 0.29) is 10.8 Å². The summed E-state index contributed by atoms with van der Waals surface area (Å²) in [6.45, 7) is 5.26. The monoisotopic (exact) mass is 427 g/mol. The molecule has 0 atom stereocenters. The Morgan fingerprint density at radius 3 is 2.73 bits per heavy atom. The van der Waals surface area contributed by atoms with E-state index >= 15 is 0 Å². The Kier molecular flexibility index (Phi) is 4.79. The summed E-state index contributed by atoms with van der Waals surface area (Å²) in [4.78, 5) is 35.2. The highest BCUT2D eigenvalue weighted by Gasteiger charge is 2.26. The van der Waals surface area contributed by atoms with Crippen LogP contribution in [0.15, 0.2) is 17.1 Å². The molecule has 1 saturated heterocycles. The fourth-order valence-corrected chi connectivity index (χ4v) is 4.26. The third-order valence-corrected chi connectivity index (χ3v) is 5.85. The second-order valence-corrected chi connectivity index (χ2v) is 7.94. The molecule has 9 nitrogen and oxygen atoms in total. The van der Waals surface area contributed by atoms with Crippen molar-refractivity contribution in [2.75, 3.05) is 42.6 Å². The van der Waals surface area contributed by atoms with Gasteiger partial charge in [-0.3, -0.25) is 9.36 Å². The molecular formula is C20H22ClN7O2. The number of nitrogens with zero attached hydrogens (tertiary/aromatic N) is 7. The van der Waals surface area contributed by atoms with E-state index in [0.717, 1.165) is 42.0 Å². The summed E-state index contributed by atoms with van der Waals surface area (Å²) in [5, 5.41) is 1.07. The SMILES string of the molecule is Cc1cc2c(N3CCCc4nc(Cl)ncc43)nc(N3CCOCC3)nc2n(C)c1=O. The van der Waals surface area contributed by atoms with Gasteiger partial charge in [-0.25, -0.2) is 9.97 Å². The van der Waals surface area contributed by atoms with Gasteiger partial charge in [-0.05, 0) is 37.4 Å². The van der Waals surface area contributed by atoms with Crippen LogP contribution in [0.3, 0.4) is 0 Å². The van der Waals surface area contributed by atoms with Crippen molar-refractivity contribution in [1.29, 1.82) is 0 Å². The van der Waals surface area contributed by atoms with Crippen molar-refractivity contribution in [1.82, 2.24) is 24.5 Å². The zero-order chi connectivity index (χ0) is 20.8. The van der Waals surface area contributed by atoms with Crippen LogP contribution in [0.1, 0.15) is 17.7 Å². The van der Waals surface area contributed by atoms with Crippen LogP contribution in [0, 0.1) is 6.92 Å². The lowest BCUT2D eigenvalue weighted by molar-refractivity contribution is 0.122. The summed E-state index contributed by atoms with van der Waals surface area (Å²) < 4.78 is 7.08. The molecule has 0 aromatic carbocycles. The predicted octanol–water partition coefficient (Wildman–Crippen LogP) is 2.00. The number of anilines is 3. The highest BCUT2D eigenvalue weighted by Crippen LogP contribution is 2.36. The molecule has 10 heteroatoms. The summed E-state index contributed by atoms with van der Waals surface area (Å²) in [6, 6.07) is 1.88. The van der Waals surface area contributed by atoms with Gasteiger partial charge in [0.15, 0.2) is 0 Å². The lowest BCUT2D eigenvalue weighted by Gasteiger charge is -2.32. The minimum absolute atomic E-state index is 0.0609. The van der Waals surface area contributed by atoms with E-state index in [0.29, 0.717) is 43.5 Å². The quantitative estimate of drug-likeness (QED) is 0.574. The van der Waals surface area contributed by atoms with Crippen molar-refractivity contribution in [3.05, 3.63) is 39.2 Å². The van der Waals surface area contributed by atoms with Crippen molar-refractivity contribution in [3.63, 3.8) is 0 Å². The third-order valence-electron chi connectivity index (χ3n) is 5.67. The molecule has 0 aliphatic carbocycles. The predicted molar refractivity (Wildman–Crippen MR) is 115 cm³/mol. The van der Waals surface area contributed by atoms with Crippen LogP contribution >= 0.6 is 11.6 Å². The molecule has 1 fully saturated rings. The molecule has 3 aromatic rings. The maximum Gasteiger partial charge on any atom is 0.254 e. The summed E-state index contributed by atoms with van der Waals surface area (Å²) >= 11 is 6.03. The Morgan fingerprint density at radius 2 is 1.93 bits per heavy atom. The number of hydrogen-bond donors (Lipinski definition) is 0. The van der Waals surface area contributed by atoms with Gasteiger partial charge < -0.3 is 14.5 Å². The zero-order valence-electron chi connectivity index (χ0n) is 16.9. The Morgan fingerprint density at radius 1 is 1.13 bits per heavy atom. The Bertz CT molecular complexity index is 1190. The Balaban J connectivity index is 1.75. The highest BCUT2D eigenvalue weighted by atomic mass is 35.5. The number of aromatic nitrogens is 5. The molecule has 0 radical (unpaired) electrons. The average Bonchev–Trinajstić information content (AvgIpc) is 2.77. The van der Waals surface area contributed by atoms with Crippen molar-refractivity contribution in [3.8, 4) is 0 Å². The molecule has 5 heterocycles. The smallest absolute Gasteiger partial charge is 0.254 e. The molecule has 0 saturated carbocycles. The van der Waals surface area contributed by atoms with Crippen LogP contribution in [0.5, 0.6) is 0 Å². The van der Waals surface area contributed by atoms with Crippen LogP contribution < -0.4 is 15.4 Å². The minimum Gasteiger partial charge on any atom is -0.378 e. The molecule has 5 rings (SSSR count). The summed E-state index contributed by atoms with van der Waals surface area (Å²) in [7, 11) is 1.75. The first-order chi connectivity index (χ1) is 14.5. The van der Waals surface area contributed by atoms with Gasteiger partial charge in [0, 0.05) is 32.2 Å². The van der Waals surface area contributed by atoms with Gasteiger partial charge in [0.1, 0.15) is 11.5 Å². The van der Waals surface area contributed by atoms with Gasteiger partial charge in [-0.1, -0.05) is 0 Å². The number of ether oxygens (including phenoxy) is 1. The van der Waals surface area contributed by atoms with Gasteiger partial charge >= 0.3 is 0 Å². The van der Waals surface area contributed by atoms with E-state index in [1.54, 1.807) is 17.8 Å². The standard InChI is InChI=1S/C20H22ClN7O2/c1-12-10-13-16(26(2)18(12)29)24-20(27-6-8-30-9-7-27)25-17(13)28-5-3-4-14-15(28)11-22-19(21)23-14/h10-11H,3-9H2,1-2H3. The fourth-order valence-electron chi connectivity index (χ4n) is 4.11. The van der Waals surface area contributed by atoms with E-state index in [1.165, 1.54) is 0 Å². The molecule has 0 bridgehead atoms. The van der Waals surface area contributed by atoms with E-state index < -0.39 is 0 Å². The largest absolute Gasteiger partial charge is 0.378 e. The molecule has 0 unspecified atom stereocenters. The number of morpholine rings is 1. The molecule has 0 N–H and O–H groups in total. The summed E-state index contributed by atoms with van der Waals surface area (Å²) in [5.41, 5.74) is 3.00. The fraction of sp³-hybridized carbons (Fsp3) is 0.450. The number of rotatable bonds is 2. The molecule has 0 spiro atoms. The van der Waals surface area contributed by atoms with Crippen molar-refractivity contribution in [2.24, 2.45) is 7.05 Å². The maximum atomic E-state index is 12.6. The summed E-state index contributed by atoms with van der Waals surface area (Å²) in [5.74, 6) is 1.36. The first-order valence-electron chi connectivity index (χ1n) is 10.0. The number of pyridine rings is 1. The van der Waals surface area contributed by atoms with Gasteiger partial charge in [0.25, 0.3) is 5.56 Å². The van der Waals surface area contributed by atoms with E-state index in [4.69, 9.17) is 26.3 Å². The van der Waals surface area contributed by atoms with Crippen LogP contribution in [0.4, 0.5) is 17.5 Å². The average molecular weight is 428 g/mol. The highest BCUT2D eigenvalue weighted by molar-refractivity contribution is 6.28. The van der Waals surface area contributed by atoms with Crippen LogP contribution in [-0.2, 0) is 18.2 Å². The topological polar surface area (TPSA) is 89.3 Å². The van der Waals surface area contributed by atoms with Crippen LogP contribution in [0.2, 0.25) is 5.28 Å². The first-order valence-corrected chi connectivity index (χ1v) is 10.4. The lowest BCUT2D eigenvalue weighted by Crippen LogP contribution is -2.38. The maximum absolute atomic E-state index is 12.6. The van der Waals surface area contributed by atoms with Crippen molar-refractivity contribution < 1.29 is 4.74 Å². The molecular weight excluding hydrogens is 406 g/mol. The van der Waals surface area contributed by atoms with E-state index in [9.17, 15) is 4.79 Å². The lowest BCUT2D eigenvalue weighted by atomic mass is 10.1. The molecule has 156 valence electrons. The summed E-state index contributed by atoms with van der Waals surface area (Å²) in [6.07, 6.45) is 3.51. The van der Waals surface area contributed by atoms with Gasteiger partial charge in [-0.2, -0.15) is 9.97 Å². The second-order valence-electron chi connectivity index (χ2n) is 7.60. The minimum atomic E-state index is -0.0609. The Labute approximate surface area is 178 Å².